The largest absolute Gasteiger partial charge is 0.355 e. The number of nitrogens with zero attached hydrogens (tertiary/aromatic N) is 4. The molecule has 0 saturated carbocycles. The number of hydrogen-bond donors (Lipinski definition) is 0. The number of carbonyl (C=O) groups is 1. The number of piperidine rings is 1. The van der Waals surface area contributed by atoms with Crippen LogP contribution in [-0.2, 0) is 17.8 Å². The number of nitriles is 1. The molecule has 134 valence electrons. The van der Waals surface area contributed by atoms with Gasteiger partial charge in [-0.05, 0) is 42.3 Å². The number of hydrogen-bond acceptors (Lipinski definition) is 5. The van der Waals surface area contributed by atoms with Crippen LogP contribution in [0, 0.1) is 17.2 Å². The molecular weight excluding hydrogens is 368 g/mol. The summed E-state index contributed by atoms with van der Waals surface area (Å²) in [7, 11) is 0. The molecule has 0 spiro atoms. The van der Waals surface area contributed by atoms with Gasteiger partial charge in [0.1, 0.15) is 11.9 Å². The number of carbonyl (C=O) groups excluding carboxylic acids is 1. The summed E-state index contributed by atoms with van der Waals surface area (Å²) in [6.45, 7) is 3.09. The average molecular weight is 387 g/mol. The molecule has 2 aliphatic heterocycles. The van der Waals surface area contributed by atoms with Gasteiger partial charge >= 0.3 is 0 Å². The zero-order chi connectivity index (χ0) is 18.1. The van der Waals surface area contributed by atoms with Gasteiger partial charge in [-0.1, -0.05) is 11.6 Å². The van der Waals surface area contributed by atoms with Crippen LogP contribution >= 0.6 is 22.9 Å². The van der Waals surface area contributed by atoms with Crippen molar-refractivity contribution in [3.05, 3.63) is 44.7 Å². The first kappa shape index (κ1) is 17.3. The lowest BCUT2D eigenvalue weighted by atomic mass is 9.94. The van der Waals surface area contributed by atoms with Crippen LogP contribution in [0.2, 0.25) is 5.02 Å². The van der Waals surface area contributed by atoms with Crippen molar-refractivity contribution in [2.24, 2.45) is 5.92 Å². The van der Waals surface area contributed by atoms with Crippen LogP contribution in [0.1, 0.15) is 28.8 Å². The van der Waals surface area contributed by atoms with E-state index in [1.54, 1.807) is 23.6 Å². The molecule has 7 heteroatoms. The summed E-state index contributed by atoms with van der Waals surface area (Å²) < 4.78 is 0. The van der Waals surface area contributed by atoms with Gasteiger partial charge in [0.25, 0.3) is 0 Å². The standard InChI is InChI=1S/C19H19ClN4OS/c20-16-9-13(10-21)11-22-18(16)23-5-1-14(2-6-23)19(25)24-7-3-17-15(12-24)4-8-26-17/h4,8-9,11,14H,1-3,5-7,12H2. The van der Waals surface area contributed by atoms with Crippen LogP contribution in [0.4, 0.5) is 5.82 Å². The zero-order valence-electron chi connectivity index (χ0n) is 14.3. The molecule has 5 nitrogen and oxygen atoms in total. The first-order valence-electron chi connectivity index (χ1n) is 8.80. The van der Waals surface area contributed by atoms with E-state index in [1.165, 1.54) is 10.4 Å². The third-order valence-electron chi connectivity index (χ3n) is 5.21. The fourth-order valence-electron chi connectivity index (χ4n) is 3.76. The van der Waals surface area contributed by atoms with Crippen LogP contribution in [0.3, 0.4) is 0 Å². The van der Waals surface area contributed by atoms with Gasteiger partial charge < -0.3 is 9.80 Å². The Morgan fingerprint density at radius 2 is 2.15 bits per heavy atom. The third-order valence-corrected chi connectivity index (χ3v) is 6.52. The van der Waals surface area contributed by atoms with Crippen LogP contribution in [0.15, 0.2) is 23.7 Å². The second-order valence-electron chi connectivity index (χ2n) is 6.78. The number of rotatable bonds is 2. The summed E-state index contributed by atoms with van der Waals surface area (Å²) in [5, 5.41) is 11.5. The van der Waals surface area contributed by atoms with Gasteiger partial charge in [0.2, 0.25) is 5.91 Å². The summed E-state index contributed by atoms with van der Waals surface area (Å²) in [4.78, 5) is 22.8. The normalized spacial score (nSPS) is 17.7. The molecule has 1 saturated heterocycles. The van der Waals surface area contributed by atoms with E-state index in [9.17, 15) is 4.79 Å². The zero-order valence-corrected chi connectivity index (χ0v) is 15.9. The van der Waals surface area contributed by atoms with Gasteiger partial charge in [-0.25, -0.2) is 4.98 Å². The second-order valence-corrected chi connectivity index (χ2v) is 8.19. The van der Waals surface area contributed by atoms with Crippen molar-refractivity contribution < 1.29 is 4.79 Å². The van der Waals surface area contributed by atoms with Gasteiger partial charge in [0.15, 0.2) is 0 Å². The van der Waals surface area contributed by atoms with Crippen molar-refractivity contribution in [1.82, 2.24) is 9.88 Å². The summed E-state index contributed by atoms with van der Waals surface area (Å²) in [5.41, 5.74) is 1.77. The van der Waals surface area contributed by atoms with E-state index in [2.05, 4.69) is 21.3 Å². The molecule has 1 fully saturated rings. The predicted octanol–water partition coefficient (Wildman–Crippen LogP) is 3.47. The van der Waals surface area contributed by atoms with E-state index in [0.717, 1.165) is 45.4 Å². The maximum absolute atomic E-state index is 12.9. The van der Waals surface area contributed by atoms with Crippen LogP contribution in [0.5, 0.6) is 0 Å². The Hall–Kier alpha value is -2.10. The molecular formula is C19H19ClN4OS. The maximum Gasteiger partial charge on any atom is 0.226 e. The van der Waals surface area contributed by atoms with Gasteiger partial charge in [-0.15, -0.1) is 11.3 Å². The SMILES string of the molecule is N#Cc1cnc(N2CCC(C(=O)N3CCc4sccc4C3)CC2)c(Cl)c1. The highest BCUT2D eigenvalue weighted by Crippen LogP contribution is 2.30. The van der Waals surface area contributed by atoms with E-state index in [1.807, 2.05) is 11.0 Å². The summed E-state index contributed by atoms with van der Waals surface area (Å²) in [6, 6.07) is 5.83. The Labute approximate surface area is 161 Å². The molecule has 0 radical (unpaired) electrons. The minimum atomic E-state index is 0.0728. The Morgan fingerprint density at radius 3 is 2.88 bits per heavy atom. The average Bonchev–Trinajstić information content (AvgIpc) is 3.15. The maximum atomic E-state index is 12.9. The number of fused-ring (bicyclic) bond motifs is 1. The van der Waals surface area contributed by atoms with Crippen molar-refractivity contribution in [3.8, 4) is 6.07 Å². The topological polar surface area (TPSA) is 60.2 Å². The number of aromatic nitrogens is 1. The fraction of sp³-hybridized carbons (Fsp3) is 0.421. The highest BCUT2D eigenvalue weighted by molar-refractivity contribution is 7.10. The smallest absolute Gasteiger partial charge is 0.226 e. The molecule has 0 N–H and O–H groups in total. The molecule has 2 aromatic heterocycles. The molecule has 2 aliphatic rings. The monoisotopic (exact) mass is 386 g/mol. The quantitative estimate of drug-likeness (QED) is 0.792. The highest BCUT2D eigenvalue weighted by atomic mass is 35.5. The number of anilines is 1. The van der Waals surface area contributed by atoms with Gasteiger partial charge in [0, 0.05) is 43.2 Å². The van der Waals surface area contributed by atoms with Crippen LogP contribution in [0.25, 0.3) is 0 Å². The molecule has 4 rings (SSSR count). The minimum Gasteiger partial charge on any atom is -0.355 e. The first-order valence-corrected chi connectivity index (χ1v) is 10.1. The molecule has 0 bridgehead atoms. The summed E-state index contributed by atoms with van der Waals surface area (Å²) >= 11 is 8.06. The van der Waals surface area contributed by atoms with Gasteiger partial charge in [-0.2, -0.15) is 5.26 Å². The number of thiophene rings is 1. The number of pyridine rings is 1. The highest BCUT2D eigenvalue weighted by Gasteiger charge is 2.31. The third kappa shape index (κ3) is 3.29. The fourth-order valence-corrected chi connectivity index (χ4v) is 4.93. The number of halogens is 1. The lowest BCUT2D eigenvalue weighted by molar-refractivity contribution is -0.137. The van der Waals surface area contributed by atoms with E-state index in [-0.39, 0.29) is 11.8 Å². The van der Waals surface area contributed by atoms with Crippen LogP contribution < -0.4 is 4.90 Å². The molecule has 1 amide bonds. The first-order chi connectivity index (χ1) is 12.7. The Bertz CT molecular complexity index is 867. The molecule has 0 aliphatic carbocycles. The Balaban J connectivity index is 1.38. The van der Waals surface area contributed by atoms with E-state index in [0.29, 0.717) is 16.4 Å². The Morgan fingerprint density at radius 1 is 1.35 bits per heavy atom. The summed E-state index contributed by atoms with van der Waals surface area (Å²) in [6.07, 6.45) is 4.14. The van der Waals surface area contributed by atoms with Crippen molar-refractivity contribution in [3.63, 3.8) is 0 Å². The lowest BCUT2D eigenvalue weighted by Crippen LogP contribution is -2.44. The molecule has 26 heavy (non-hydrogen) atoms. The van der Waals surface area contributed by atoms with Crippen LogP contribution in [-0.4, -0.2) is 35.4 Å². The Kier molecular flexibility index (Phi) is 4.84. The van der Waals surface area contributed by atoms with E-state index < -0.39 is 0 Å². The van der Waals surface area contributed by atoms with E-state index >= 15 is 0 Å². The molecule has 0 atom stereocenters. The van der Waals surface area contributed by atoms with E-state index in [4.69, 9.17) is 16.9 Å². The molecule has 2 aromatic rings. The van der Waals surface area contributed by atoms with Crippen molar-refractivity contribution in [2.45, 2.75) is 25.8 Å². The minimum absolute atomic E-state index is 0.0728. The predicted molar refractivity (Wildman–Crippen MR) is 102 cm³/mol. The molecule has 4 heterocycles. The molecule has 0 aromatic carbocycles. The number of amides is 1. The van der Waals surface area contributed by atoms with Gasteiger partial charge in [-0.3, -0.25) is 4.79 Å². The molecule has 0 unspecified atom stereocenters. The van der Waals surface area contributed by atoms with Crippen molar-refractivity contribution in [1.29, 1.82) is 5.26 Å². The lowest BCUT2D eigenvalue weighted by Gasteiger charge is -2.36. The van der Waals surface area contributed by atoms with Gasteiger partial charge in [0.05, 0.1) is 10.6 Å². The van der Waals surface area contributed by atoms with Crippen molar-refractivity contribution >= 4 is 34.7 Å². The summed E-state index contributed by atoms with van der Waals surface area (Å²) in [5.74, 6) is 1.06. The van der Waals surface area contributed by atoms with Crippen molar-refractivity contribution in [2.75, 3.05) is 24.5 Å². The second kappa shape index (κ2) is 7.26.